The predicted molar refractivity (Wildman–Crippen MR) is 262 cm³/mol. The largest absolute Gasteiger partial charge is 0.444 e. The molecule has 3 aromatic carbocycles. The lowest BCUT2D eigenvalue weighted by atomic mass is 9.85. The van der Waals surface area contributed by atoms with E-state index in [9.17, 15) is 42.3 Å². The Labute approximate surface area is 407 Å². The van der Waals surface area contributed by atoms with Gasteiger partial charge in [0.05, 0.1) is 22.1 Å². The molecule has 1 fully saturated rings. The Morgan fingerprint density at radius 2 is 1.26 bits per heavy atom. The summed E-state index contributed by atoms with van der Waals surface area (Å²) in [5.74, 6) is -2.23. The number of aliphatic hydroxyl groups excluding tert-OH is 1. The molecule has 0 bridgehead atoms. The molecule has 0 radical (unpaired) electrons. The minimum atomic E-state index is -3.83. The monoisotopic (exact) mass is 973 g/mol. The Hall–Kier alpha value is -5.65. The average molecular weight is 973 g/mol. The van der Waals surface area contributed by atoms with Gasteiger partial charge >= 0.3 is 6.09 Å². The van der Waals surface area contributed by atoms with Crippen molar-refractivity contribution in [2.24, 2.45) is 11.8 Å². The summed E-state index contributed by atoms with van der Waals surface area (Å²) < 4.78 is 33.2. The zero-order valence-electron chi connectivity index (χ0n) is 40.4. The molecule has 3 aromatic rings. The summed E-state index contributed by atoms with van der Waals surface area (Å²) in [5, 5.41) is 22.7. The number of benzene rings is 3. The van der Waals surface area contributed by atoms with Crippen LogP contribution in [0.3, 0.4) is 0 Å². The van der Waals surface area contributed by atoms with Crippen LogP contribution >= 0.6 is 0 Å². The third-order valence-electron chi connectivity index (χ3n) is 12.6. The Morgan fingerprint density at radius 3 is 1.90 bits per heavy atom. The standard InChI is InChI=1S/C52H72N6O10S/c1-52(2,3)68-51(65)54-32-20-19-31-43(47(61)57-44(36-37-22-10-8-11-23-37)45(59)48(62)53-33-34-55-69(66,67)39-26-12-9-13-27-39)56-46(60)40(38-24-15-16-25-38)28-14-6-4-5-7-21-35-58-49(63)41-29-17-18-30-42(41)50(58)64/h8-13,17-18,22-23,26-27,29-30,38,40,43-45,55,59H,4-7,14-16,19-21,24-25,28,31-36H2,1-3H3,(H,53,62)(H,54,65)(H,56,60)(H,57,61)/t40?,43-,44-,45?/m0/s1. The summed E-state index contributed by atoms with van der Waals surface area (Å²) >= 11 is 0. The van der Waals surface area contributed by atoms with E-state index in [-0.39, 0.29) is 66.9 Å². The number of carbonyl (C=O) groups excluding carboxylic acids is 6. The molecule has 1 aliphatic carbocycles. The second-order valence-electron chi connectivity index (χ2n) is 19.1. The van der Waals surface area contributed by atoms with Crippen LogP contribution in [0.5, 0.6) is 0 Å². The Balaban J connectivity index is 1.19. The van der Waals surface area contributed by atoms with E-state index in [1.807, 2.05) is 18.2 Å². The van der Waals surface area contributed by atoms with Crippen molar-refractivity contribution in [3.8, 4) is 0 Å². The van der Waals surface area contributed by atoms with Gasteiger partial charge in [-0.25, -0.2) is 17.9 Å². The summed E-state index contributed by atoms with van der Waals surface area (Å²) in [7, 11) is -3.83. The molecule has 0 saturated heterocycles. The molecule has 2 aliphatic rings. The summed E-state index contributed by atoms with van der Waals surface area (Å²) in [5.41, 5.74) is 0.981. The molecule has 2 unspecified atom stereocenters. The summed E-state index contributed by atoms with van der Waals surface area (Å²) in [6.45, 7) is 5.69. The molecule has 1 heterocycles. The molecular weight excluding hydrogens is 901 g/mol. The number of carbonyl (C=O) groups is 6. The number of ether oxygens (including phenoxy) is 1. The van der Waals surface area contributed by atoms with Gasteiger partial charge in [-0.15, -0.1) is 0 Å². The molecule has 1 saturated carbocycles. The molecule has 0 aromatic heterocycles. The van der Waals surface area contributed by atoms with Crippen LogP contribution < -0.4 is 26.0 Å². The molecule has 0 spiro atoms. The first-order chi connectivity index (χ1) is 33.0. The smallest absolute Gasteiger partial charge is 0.407 e. The van der Waals surface area contributed by atoms with Gasteiger partial charge in [0, 0.05) is 32.1 Å². The molecule has 376 valence electrons. The fourth-order valence-electron chi connectivity index (χ4n) is 8.98. The highest BCUT2D eigenvalue weighted by Gasteiger charge is 2.36. The van der Waals surface area contributed by atoms with Crippen molar-refractivity contribution in [2.45, 2.75) is 146 Å². The quantitative estimate of drug-likeness (QED) is 0.0358. The molecular formula is C52H72N6O10S. The summed E-state index contributed by atoms with van der Waals surface area (Å²) in [6, 6.07) is 21.6. The van der Waals surface area contributed by atoms with Gasteiger partial charge in [-0.3, -0.25) is 28.9 Å². The van der Waals surface area contributed by atoms with Gasteiger partial charge in [-0.2, -0.15) is 0 Å². The topological polar surface area (TPSA) is 229 Å². The second-order valence-corrected chi connectivity index (χ2v) is 20.9. The van der Waals surface area contributed by atoms with Gasteiger partial charge < -0.3 is 31.1 Å². The maximum atomic E-state index is 14.4. The lowest BCUT2D eigenvalue weighted by Crippen LogP contribution is -2.57. The zero-order valence-corrected chi connectivity index (χ0v) is 41.2. The number of nitrogens with zero attached hydrogens (tertiary/aromatic N) is 1. The van der Waals surface area contributed by atoms with E-state index in [0.717, 1.165) is 63.4 Å². The number of fused-ring (bicyclic) bond motifs is 1. The van der Waals surface area contributed by atoms with Crippen molar-refractivity contribution in [1.82, 2.24) is 30.9 Å². The first-order valence-corrected chi connectivity index (χ1v) is 26.1. The van der Waals surface area contributed by atoms with Gasteiger partial charge in [0.25, 0.3) is 17.7 Å². The van der Waals surface area contributed by atoms with Crippen LogP contribution in [0.25, 0.3) is 0 Å². The third-order valence-corrected chi connectivity index (χ3v) is 14.1. The van der Waals surface area contributed by atoms with E-state index < -0.39 is 51.7 Å². The fourth-order valence-corrected chi connectivity index (χ4v) is 10.0. The minimum absolute atomic E-state index is 0.0707. The molecule has 6 amide bonds. The van der Waals surface area contributed by atoms with E-state index >= 15 is 0 Å². The number of hydrogen-bond acceptors (Lipinski definition) is 10. The number of unbranched alkanes of at least 4 members (excludes halogenated alkanes) is 6. The van der Waals surface area contributed by atoms with Gasteiger partial charge in [0.15, 0.2) is 6.10 Å². The normalized spacial score (nSPS) is 15.7. The fraction of sp³-hybridized carbons (Fsp3) is 0.538. The van der Waals surface area contributed by atoms with E-state index in [4.69, 9.17) is 4.74 Å². The number of rotatable bonds is 28. The molecule has 17 heteroatoms. The minimum Gasteiger partial charge on any atom is -0.444 e. The molecule has 69 heavy (non-hydrogen) atoms. The molecule has 1 aliphatic heterocycles. The number of aliphatic hydroxyl groups is 1. The van der Waals surface area contributed by atoms with Crippen molar-refractivity contribution >= 4 is 45.7 Å². The number of hydrogen-bond donors (Lipinski definition) is 6. The third kappa shape index (κ3) is 17.4. The Kier molecular flexibility index (Phi) is 21.2. The average Bonchev–Trinajstić information content (AvgIpc) is 3.94. The highest BCUT2D eigenvalue weighted by atomic mass is 32.2. The van der Waals surface area contributed by atoms with Gasteiger partial charge in [-0.05, 0) is 108 Å². The van der Waals surface area contributed by atoms with Crippen LogP contribution in [-0.4, -0.2) is 104 Å². The summed E-state index contributed by atoms with van der Waals surface area (Å²) in [4.78, 5) is 81.3. The van der Waals surface area contributed by atoms with E-state index in [0.29, 0.717) is 43.4 Å². The van der Waals surface area contributed by atoms with Gasteiger partial charge in [0.1, 0.15) is 11.6 Å². The van der Waals surface area contributed by atoms with Gasteiger partial charge in [0.2, 0.25) is 21.8 Å². The number of amides is 6. The Bertz CT molecular complexity index is 2230. The Morgan fingerprint density at radius 1 is 0.681 bits per heavy atom. The van der Waals surface area contributed by atoms with E-state index in [1.165, 1.54) is 17.0 Å². The number of imide groups is 1. The molecule has 4 atom stereocenters. The van der Waals surface area contributed by atoms with E-state index in [1.54, 1.807) is 75.4 Å². The van der Waals surface area contributed by atoms with Crippen molar-refractivity contribution < 1.29 is 47.0 Å². The van der Waals surface area contributed by atoms with Crippen LogP contribution in [0.2, 0.25) is 0 Å². The SMILES string of the molecule is CC(C)(C)OC(=O)NCCCC[C@H](NC(=O)C(CCCCCCCCN1C(=O)c2ccccc2C1=O)C1CCCC1)C(=O)N[C@@H](Cc1ccccc1)C(O)C(=O)NCCNS(=O)(=O)c1ccccc1. The number of sulfonamides is 1. The lowest BCUT2D eigenvalue weighted by molar-refractivity contribution is -0.135. The van der Waals surface area contributed by atoms with E-state index in [2.05, 4.69) is 26.0 Å². The van der Waals surface area contributed by atoms with Crippen LogP contribution in [-0.2, 0) is 35.6 Å². The maximum absolute atomic E-state index is 14.4. The highest BCUT2D eigenvalue weighted by Crippen LogP contribution is 2.35. The van der Waals surface area contributed by atoms with Crippen molar-refractivity contribution in [1.29, 1.82) is 0 Å². The first-order valence-electron chi connectivity index (χ1n) is 24.6. The van der Waals surface area contributed by atoms with Crippen molar-refractivity contribution in [3.63, 3.8) is 0 Å². The molecule has 6 N–H and O–H groups in total. The molecule has 16 nitrogen and oxygen atoms in total. The van der Waals surface area contributed by atoms with Crippen LogP contribution in [0, 0.1) is 11.8 Å². The molecule has 5 rings (SSSR count). The zero-order chi connectivity index (χ0) is 49.8. The van der Waals surface area contributed by atoms with Crippen molar-refractivity contribution in [2.75, 3.05) is 26.2 Å². The second kappa shape index (κ2) is 26.9. The van der Waals surface area contributed by atoms with Crippen LogP contribution in [0.15, 0.2) is 89.8 Å². The van der Waals surface area contributed by atoms with Gasteiger partial charge in [-0.1, -0.05) is 106 Å². The lowest BCUT2D eigenvalue weighted by Gasteiger charge is -2.29. The predicted octanol–water partition coefficient (Wildman–Crippen LogP) is 6.18. The first kappa shape index (κ1) is 54.3. The van der Waals surface area contributed by atoms with Crippen molar-refractivity contribution in [3.05, 3.63) is 102 Å². The highest BCUT2D eigenvalue weighted by molar-refractivity contribution is 7.89. The van der Waals surface area contributed by atoms with Crippen LogP contribution in [0.1, 0.15) is 137 Å². The number of nitrogens with one attached hydrogen (secondary N) is 5. The summed E-state index contributed by atoms with van der Waals surface area (Å²) in [6.07, 6.45) is 8.61. The van der Waals surface area contributed by atoms with Crippen LogP contribution in [0.4, 0.5) is 4.79 Å². The maximum Gasteiger partial charge on any atom is 0.407 e. The number of alkyl carbamates (subject to hydrolysis) is 1.